The van der Waals surface area contributed by atoms with Crippen molar-refractivity contribution in [1.82, 2.24) is 9.97 Å². The average Bonchev–Trinajstić information content (AvgIpc) is 3.55. The van der Waals surface area contributed by atoms with Crippen LogP contribution >= 0.6 is 0 Å². The summed E-state index contributed by atoms with van der Waals surface area (Å²) in [6, 6.07) is 8.41. The van der Waals surface area contributed by atoms with Gasteiger partial charge >= 0.3 is 0 Å². The van der Waals surface area contributed by atoms with Crippen molar-refractivity contribution in [2.24, 2.45) is 5.73 Å². The van der Waals surface area contributed by atoms with Crippen molar-refractivity contribution in [2.75, 3.05) is 54.9 Å². The lowest BCUT2D eigenvalue weighted by atomic mass is 10.2. The number of aromatic nitrogens is 2. The average molecular weight is 368 g/mol. The van der Waals surface area contributed by atoms with Gasteiger partial charge in [-0.05, 0) is 56.0 Å². The van der Waals surface area contributed by atoms with E-state index in [1.54, 1.807) is 0 Å². The first kappa shape index (κ1) is 18.0. The molecule has 2 aromatic rings. The lowest BCUT2D eigenvalue weighted by molar-refractivity contribution is 0.122. The van der Waals surface area contributed by atoms with E-state index in [0.717, 1.165) is 50.8 Å². The molecule has 0 atom stereocenters. The number of rotatable bonds is 8. The number of hydrogen-bond donors (Lipinski definition) is 3. The second-order valence-corrected chi connectivity index (χ2v) is 7.11. The number of hydrogen-bond acceptors (Lipinski definition) is 7. The zero-order valence-electron chi connectivity index (χ0n) is 15.7. The Morgan fingerprint density at radius 3 is 2.63 bits per heavy atom. The predicted octanol–water partition coefficient (Wildman–Crippen LogP) is 2.69. The summed E-state index contributed by atoms with van der Waals surface area (Å²) in [5.74, 6) is 2.16. The minimum atomic E-state index is 0.604. The van der Waals surface area contributed by atoms with Gasteiger partial charge in [0.25, 0.3) is 0 Å². The molecule has 4 rings (SSSR count). The highest BCUT2D eigenvalue weighted by Crippen LogP contribution is 2.42. The van der Waals surface area contributed by atoms with Crippen LogP contribution in [-0.2, 0) is 4.74 Å². The van der Waals surface area contributed by atoms with E-state index in [4.69, 9.17) is 15.5 Å². The van der Waals surface area contributed by atoms with E-state index in [9.17, 15) is 0 Å². The minimum absolute atomic E-state index is 0.604. The zero-order chi connectivity index (χ0) is 18.5. The second-order valence-electron chi connectivity index (χ2n) is 7.11. The van der Waals surface area contributed by atoms with Crippen LogP contribution < -0.4 is 21.3 Å². The third kappa shape index (κ3) is 4.67. The molecule has 1 aliphatic carbocycles. The van der Waals surface area contributed by atoms with Crippen LogP contribution in [0.5, 0.6) is 0 Å². The molecule has 0 unspecified atom stereocenters. The number of nitrogens with one attached hydrogen (secondary N) is 2. The summed E-state index contributed by atoms with van der Waals surface area (Å²) in [4.78, 5) is 11.6. The molecular weight excluding hydrogens is 340 g/mol. The third-order valence-corrected chi connectivity index (χ3v) is 5.01. The van der Waals surface area contributed by atoms with E-state index in [2.05, 4.69) is 44.8 Å². The molecule has 2 aliphatic rings. The maximum Gasteiger partial charge on any atom is 0.229 e. The maximum atomic E-state index is 5.61. The van der Waals surface area contributed by atoms with Crippen LogP contribution in [0, 0.1) is 0 Å². The SMILES string of the molecule is NCCCNc1nc(Nc2ccc(N3CCOCC3)cc2)ncc1C1CC1. The molecule has 0 bridgehead atoms. The Labute approximate surface area is 160 Å². The van der Waals surface area contributed by atoms with Crippen LogP contribution in [0.25, 0.3) is 0 Å². The van der Waals surface area contributed by atoms with Gasteiger partial charge in [-0.25, -0.2) is 4.98 Å². The fraction of sp³-hybridized carbons (Fsp3) is 0.500. The van der Waals surface area contributed by atoms with Crippen LogP contribution in [0.4, 0.5) is 23.1 Å². The highest BCUT2D eigenvalue weighted by Gasteiger charge is 2.27. The number of morpholine rings is 1. The molecule has 144 valence electrons. The van der Waals surface area contributed by atoms with Crippen LogP contribution in [0.3, 0.4) is 0 Å². The van der Waals surface area contributed by atoms with Crippen LogP contribution in [0.1, 0.15) is 30.7 Å². The molecule has 4 N–H and O–H groups in total. The van der Waals surface area contributed by atoms with Crippen molar-refractivity contribution in [1.29, 1.82) is 0 Å². The van der Waals surface area contributed by atoms with E-state index in [1.165, 1.54) is 24.1 Å². The smallest absolute Gasteiger partial charge is 0.229 e. The summed E-state index contributed by atoms with van der Waals surface area (Å²) in [5, 5.41) is 6.75. The Morgan fingerprint density at radius 2 is 1.93 bits per heavy atom. The molecule has 1 aromatic carbocycles. The minimum Gasteiger partial charge on any atom is -0.378 e. The lowest BCUT2D eigenvalue weighted by Gasteiger charge is -2.28. The van der Waals surface area contributed by atoms with Crippen molar-refractivity contribution >= 4 is 23.1 Å². The highest BCUT2D eigenvalue weighted by molar-refractivity contribution is 5.61. The Hall–Kier alpha value is -2.38. The third-order valence-electron chi connectivity index (χ3n) is 5.01. The van der Waals surface area contributed by atoms with Gasteiger partial charge in [0.05, 0.1) is 13.2 Å². The van der Waals surface area contributed by atoms with Crippen molar-refractivity contribution in [2.45, 2.75) is 25.2 Å². The number of anilines is 4. The zero-order valence-corrected chi connectivity index (χ0v) is 15.7. The standard InChI is InChI=1S/C20H28N6O/c21-8-1-9-22-19-18(15-2-3-15)14-23-20(25-19)24-16-4-6-17(7-5-16)26-10-12-27-13-11-26/h4-7,14-15H,1-3,8-13,21H2,(H2,22,23,24,25). The van der Waals surface area contributed by atoms with Crippen molar-refractivity contribution in [3.05, 3.63) is 36.0 Å². The van der Waals surface area contributed by atoms with Crippen molar-refractivity contribution in [3.8, 4) is 0 Å². The van der Waals surface area contributed by atoms with Crippen LogP contribution in [0.15, 0.2) is 30.5 Å². The molecule has 27 heavy (non-hydrogen) atoms. The van der Waals surface area contributed by atoms with E-state index in [0.29, 0.717) is 18.4 Å². The Morgan fingerprint density at radius 1 is 1.15 bits per heavy atom. The quantitative estimate of drug-likeness (QED) is 0.617. The summed E-state index contributed by atoms with van der Waals surface area (Å²) in [6.07, 6.45) is 5.34. The molecule has 1 saturated heterocycles. The molecule has 7 heteroatoms. The number of benzene rings is 1. The summed E-state index contributed by atoms with van der Waals surface area (Å²) in [6.45, 7) is 4.98. The molecular formula is C20H28N6O. The molecule has 1 saturated carbocycles. The van der Waals surface area contributed by atoms with Gasteiger partial charge in [0.15, 0.2) is 0 Å². The Balaban J connectivity index is 1.44. The summed E-state index contributed by atoms with van der Waals surface area (Å²) in [5.41, 5.74) is 9.03. The first-order valence-corrected chi connectivity index (χ1v) is 9.84. The first-order chi connectivity index (χ1) is 13.3. The van der Waals surface area contributed by atoms with Gasteiger partial charge in [-0.1, -0.05) is 0 Å². The lowest BCUT2D eigenvalue weighted by Crippen LogP contribution is -2.36. The molecule has 2 heterocycles. The molecule has 0 amide bonds. The van der Waals surface area contributed by atoms with Gasteiger partial charge < -0.3 is 26.0 Å². The van der Waals surface area contributed by atoms with Gasteiger partial charge in [0.1, 0.15) is 5.82 Å². The summed E-state index contributed by atoms with van der Waals surface area (Å²) in [7, 11) is 0. The van der Waals surface area contributed by atoms with Gasteiger partial charge in [0, 0.05) is 42.8 Å². The first-order valence-electron chi connectivity index (χ1n) is 9.84. The molecule has 0 spiro atoms. The van der Waals surface area contributed by atoms with E-state index in [-0.39, 0.29) is 0 Å². The summed E-state index contributed by atoms with van der Waals surface area (Å²) >= 11 is 0. The fourth-order valence-electron chi connectivity index (χ4n) is 3.30. The second kappa shape index (κ2) is 8.54. The molecule has 1 aromatic heterocycles. The van der Waals surface area contributed by atoms with Crippen LogP contribution in [-0.4, -0.2) is 49.4 Å². The van der Waals surface area contributed by atoms with Crippen molar-refractivity contribution in [3.63, 3.8) is 0 Å². The largest absolute Gasteiger partial charge is 0.378 e. The van der Waals surface area contributed by atoms with Crippen LogP contribution in [0.2, 0.25) is 0 Å². The molecule has 1 aliphatic heterocycles. The Bertz CT molecular complexity index is 741. The predicted molar refractivity (Wildman–Crippen MR) is 109 cm³/mol. The fourth-order valence-corrected chi connectivity index (χ4v) is 3.30. The Kier molecular flexibility index (Phi) is 5.69. The molecule has 0 radical (unpaired) electrons. The monoisotopic (exact) mass is 368 g/mol. The van der Waals surface area contributed by atoms with Gasteiger partial charge in [-0.2, -0.15) is 4.98 Å². The topological polar surface area (TPSA) is 88.3 Å². The number of nitrogens with zero attached hydrogens (tertiary/aromatic N) is 3. The normalized spacial score (nSPS) is 17.0. The highest BCUT2D eigenvalue weighted by atomic mass is 16.5. The van der Waals surface area contributed by atoms with Crippen molar-refractivity contribution < 1.29 is 4.74 Å². The van der Waals surface area contributed by atoms with Gasteiger partial charge in [-0.3, -0.25) is 0 Å². The maximum absolute atomic E-state index is 5.61. The number of nitrogens with two attached hydrogens (primary N) is 1. The summed E-state index contributed by atoms with van der Waals surface area (Å²) < 4.78 is 5.42. The van der Waals surface area contributed by atoms with E-state index in [1.807, 2.05) is 6.20 Å². The van der Waals surface area contributed by atoms with Gasteiger partial charge in [-0.15, -0.1) is 0 Å². The van der Waals surface area contributed by atoms with E-state index < -0.39 is 0 Å². The van der Waals surface area contributed by atoms with Gasteiger partial charge in [0.2, 0.25) is 5.95 Å². The van der Waals surface area contributed by atoms with E-state index >= 15 is 0 Å². The molecule has 2 fully saturated rings. The number of ether oxygens (including phenoxy) is 1. The molecule has 7 nitrogen and oxygen atoms in total.